The Morgan fingerprint density at radius 1 is 0.732 bits per heavy atom. The van der Waals surface area contributed by atoms with E-state index in [9.17, 15) is 4.79 Å². The van der Waals surface area contributed by atoms with Crippen molar-refractivity contribution in [3.05, 3.63) is 117 Å². The van der Waals surface area contributed by atoms with E-state index in [1.54, 1.807) is 14.2 Å². The Hall–Kier alpha value is -4.67. The fourth-order valence-electron chi connectivity index (χ4n) is 5.94. The Balaban J connectivity index is 0.00000124. The summed E-state index contributed by atoms with van der Waals surface area (Å²) in [6.45, 7) is 8.51. The molecule has 1 aliphatic rings. The second kappa shape index (κ2) is 12.2. The van der Waals surface area contributed by atoms with E-state index >= 15 is 0 Å². The Kier molecular flexibility index (Phi) is 8.75. The molecule has 5 rings (SSSR count). The van der Waals surface area contributed by atoms with Gasteiger partial charge >= 0.3 is 12.1 Å². The molecule has 0 amide bonds. The molecule has 1 aliphatic carbocycles. The van der Waals surface area contributed by atoms with E-state index in [4.69, 9.17) is 23.8 Å². The molecule has 41 heavy (non-hydrogen) atoms. The summed E-state index contributed by atoms with van der Waals surface area (Å²) in [6.07, 6.45) is 1.09. The van der Waals surface area contributed by atoms with Gasteiger partial charge in [0.15, 0.2) is 0 Å². The maximum Gasteiger partial charge on any atom is 0.373 e. The first-order valence-electron chi connectivity index (χ1n) is 13.5. The van der Waals surface area contributed by atoms with Gasteiger partial charge in [-0.2, -0.15) is 9.59 Å². The third kappa shape index (κ3) is 5.03. The zero-order valence-electron chi connectivity index (χ0n) is 24.3. The standard InChI is InChI=1S/C34H34O4.CO2/c1-7-23-19-24(11-15-31(23)36-5)34(25-12-16-32(37-6)28(20-25)33(35)38-8-2)29-17-21(3)9-13-26(29)27-14-10-22(4)18-30(27)34;2-1-3/h9-20H,7-8H2,1-6H3;. The number of esters is 1. The molecule has 0 N–H and O–H groups in total. The Bertz CT molecular complexity index is 1580. The first-order chi connectivity index (χ1) is 19.8. The van der Waals surface area contributed by atoms with Crippen LogP contribution < -0.4 is 9.47 Å². The molecule has 0 unspecified atom stereocenters. The lowest BCUT2D eigenvalue weighted by Crippen LogP contribution is -2.29. The molecule has 0 fully saturated rings. The molecule has 210 valence electrons. The van der Waals surface area contributed by atoms with E-state index in [2.05, 4.69) is 81.4 Å². The summed E-state index contributed by atoms with van der Waals surface area (Å²) in [5.74, 6) is 0.982. The number of hydrogen-bond donors (Lipinski definition) is 0. The zero-order valence-corrected chi connectivity index (χ0v) is 24.3. The van der Waals surface area contributed by atoms with Crippen LogP contribution in [0.4, 0.5) is 0 Å². The summed E-state index contributed by atoms with van der Waals surface area (Å²) < 4.78 is 16.7. The van der Waals surface area contributed by atoms with E-state index < -0.39 is 11.4 Å². The lowest BCUT2D eigenvalue weighted by atomic mass is 9.66. The van der Waals surface area contributed by atoms with Gasteiger partial charge in [-0.15, -0.1) is 0 Å². The number of fused-ring (bicyclic) bond motifs is 3. The highest BCUT2D eigenvalue weighted by Crippen LogP contribution is 2.57. The first-order valence-corrected chi connectivity index (χ1v) is 13.5. The van der Waals surface area contributed by atoms with Crippen LogP contribution in [0.2, 0.25) is 0 Å². The minimum atomic E-state index is -0.646. The minimum Gasteiger partial charge on any atom is -0.496 e. The van der Waals surface area contributed by atoms with Crippen LogP contribution >= 0.6 is 0 Å². The fraction of sp³-hybridized carbons (Fsp3) is 0.257. The summed E-state index contributed by atoms with van der Waals surface area (Å²) in [7, 11) is 3.29. The highest BCUT2D eigenvalue weighted by atomic mass is 16.5. The molecule has 6 nitrogen and oxygen atoms in total. The monoisotopic (exact) mass is 550 g/mol. The van der Waals surface area contributed by atoms with Crippen LogP contribution in [0, 0.1) is 13.8 Å². The van der Waals surface area contributed by atoms with Crippen molar-refractivity contribution in [3.8, 4) is 22.6 Å². The molecule has 0 aromatic heterocycles. The highest BCUT2D eigenvalue weighted by molar-refractivity contribution is 5.94. The van der Waals surface area contributed by atoms with Crippen LogP contribution in [0.1, 0.15) is 63.1 Å². The van der Waals surface area contributed by atoms with Crippen molar-refractivity contribution in [3.63, 3.8) is 0 Å². The third-order valence-electron chi connectivity index (χ3n) is 7.67. The van der Waals surface area contributed by atoms with Gasteiger partial charge in [-0.25, -0.2) is 4.79 Å². The molecule has 0 atom stereocenters. The molecule has 4 aromatic rings. The quantitative estimate of drug-likeness (QED) is 0.207. The van der Waals surface area contributed by atoms with Crippen molar-refractivity contribution in [1.29, 1.82) is 0 Å². The molecule has 4 aromatic carbocycles. The van der Waals surface area contributed by atoms with Crippen molar-refractivity contribution in [2.24, 2.45) is 0 Å². The van der Waals surface area contributed by atoms with Gasteiger partial charge in [0, 0.05) is 0 Å². The summed E-state index contributed by atoms with van der Waals surface area (Å²) in [6, 6.07) is 25.8. The molecule has 0 radical (unpaired) electrons. The lowest BCUT2D eigenvalue weighted by Gasteiger charge is -2.35. The van der Waals surface area contributed by atoms with E-state index in [1.165, 1.54) is 33.4 Å². The van der Waals surface area contributed by atoms with Gasteiger partial charge < -0.3 is 14.2 Å². The normalized spacial score (nSPS) is 12.2. The molecule has 0 saturated carbocycles. The van der Waals surface area contributed by atoms with Gasteiger partial charge in [0.1, 0.15) is 17.1 Å². The second-order valence-electron chi connectivity index (χ2n) is 9.95. The third-order valence-corrected chi connectivity index (χ3v) is 7.67. The number of aryl methyl sites for hydroxylation is 3. The number of hydrogen-bond acceptors (Lipinski definition) is 6. The van der Waals surface area contributed by atoms with Crippen molar-refractivity contribution in [2.45, 2.75) is 39.5 Å². The van der Waals surface area contributed by atoms with Gasteiger partial charge in [-0.3, -0.25) is 0 Å². The van der Waals surface area contributed by atoms with Crippen LogP contribution in [0.5, 0.6) is 11.5 Å². The molecular formula is C35H34O6. The molecule has 6 heteroatoms. The number of rotatable bonds is 7. The van der Waals surface area contributed by atoms with Crippen LogP contribution in [-0.4, -0.2) is 32.9 Å². The number of methoxy groups -OCH3 is 2. The predicted octanol–water partition coefficient (Wildman–Crippen LogP) is 6.84. The van der Waals surface area contributed by atoms with Crippen molar-refractivity contribution in [1.82, 2.24) is 0 Å². The topological polar surface area (TPSA) is 78.9 Å². The fourth-order valence-corrected chi connectivity index (χ4v) is 5.94. The molecule has 0 saturated heterocycles. The second-order valence-corrected chi connectivity index (χ2v) is 9.95. The predicted molar refractivity (Wildman–Crippen MR) is 157 cm³/mol. The lowest BCUT2D eigenvalue weighted by molar-refractivity contribution is -0.191. The number of ether oxygens (including phenoxy) is 3. The van der Waals surface area contributed by atoms with Gasteiger partial charge in [0.25, 0.3) is 0 Å². The summed E-state index contributed by atoms with van der Waals surface area (Å²) in [5.41, 5.74) is 10.2. The Morgan fingerprint density at radius 3 is 1.73 bits per heavy atom. The summed E-state index contributed by atoms with van der Waals surface area (Å²) in [4.78, 5) is 29.3. The van der Waals surface area contributed by atoms with Gasteiger partial charge in [0.2, 0.25) is 0 Å². The van der Waals surface area contributed by atoms with E-state index in [0.29, 0.717) is 17.9 Å². The molecular weight excluding hydrogens is 516 g/mol. The van der Waals surface area contributed by atoms with E-state index in [-0.39, 0.29) is 6.15 Å². The summed E-state index contributed by atoms with van der Waals surface area (Å²) >= 11 is 0. The molecule has 0 heterocycles. The molecule has 0 bridgehead atoms. The van der Waals surface area contributed by atoms with E-state index in [1.807, 2.05) is 19.1 Å². The van der Waals surface area contributed by atoms with Crippen LogP contribution in [-0.2, 0) is 26.2 Å². The largest absolute Gasteiger partial charge is 0.496 e. The maximum atomic E-state index is 13.1. The number of benzene rings is 4. The smallest absolute Gasteiger partial charge is 0.373 e. The number of carbonyl (C=O) groups excluding carboxylic acids is 3. The van der Waals surface area contributed by atoms with Crippen molar-refractivity contribution >= 4 is 12.1 Å². The Morgan fingerprint density at radius 2 is 1.24 bits per heavy atom. The van der Waals surface area contributed by atoms with Crippen molar-refractivity contribution < 1.29 is 28.6 Å². The minimum absolute atomic E-state index is 0.250. The van der Waals surface area contributed by atoms with Crippen LogP contribution in [0.15, 0.2) is 72.8 Å². The summed E-state index contributed by atoms with van der Waals surface area (Å²) in [5, 5.41) is 0. The first kappa shape index (κ1) is 29.3. The Labute approximate surface area is 240 Å². The van der Waals surface area contributed by atoms with Gasteiger partial charge in [0.05, 0.1) is 26.2 Å². The SMILES string of the molecule is CCOC(=O)c1cc(C2(c3ccc(OC)c(CC)c3)c3cc(C)ccc3-c3ccc(C)cc32)ccc1OC.O=C=O. The average molecular weight is 551 g/mol. The van der Waals surface area contributed by atoms with Crippen LogP contribution in [0.3, 0.4) is 0 Å². The average Bonchev–Trinajstić information content (AvgIpc) is 3.26. The molecule has 0 aliphatic heterocycles. The van der Waals surface area contributed by atoms with Gasteiger partial charge in [-0.1, -0.05) is 72.6 Å². The highest BCUT2D eigenvalue weighted by Gasteiger charge is 2.47. The molecule has 0 spiro atoms. The van der Waals surface area contributed by atoms with Gasteiger partial charge in [-0.05, 0) is 84.3 Å². The number of carbonyl (C=O) groups is 1. The van der Waals surface area contributed by atoms with E-state index in [0.717, 1.165) is 28.9 Å². The maximum absolute atomic E-state index is 13.1. The van der Waals surface area contributed by atoms with Crippen molar-refractivity contribution in [2.75, 3.05) is 20.8 Å². The van der Waals surface area contributed by atoms with Crippen LogP contribution in [0.25, 0.3) is 11.1 Å². The zero-order chi connectivity index (χ0) is 29.7.